The van der Waals surface area contributed by atoms with Crippen molar-refractivity contribution in [2.75, 3.05) is 5.01 Å². The summed E-state index contributed by atoms with van der Waals surface area (Å²) in [6.45, 7) is 3.97. The zero-order valence-electron chi connectivity index (χ0n) is 13.9. The molecule has 1 unspecified atom stereocenters. The first-order valence-corrected chi connectivity index (χ1v) is 7.73. The third-order valence-electron chi connectivity index (χ3n) is 4.00. The van der Waals surface area contributed by atoms with Gasteiger partial charge in [-0.25, -0.2) is 10.0 Å². The number of aldehydes is 1. The summed E-state index contributed by atoms with van der Waals surface area (Å²) >= 11 is 0. The van der Waals surface area contributed by atoms with Crippen LogP contribution >= 0.6 is 0 Å². The first-order valence-electron chi connectivity index (χ1n) is 7.73. The highest BCUT2D eigenvalue weighted by molar-refractivity contribution is 5.66. The van der Waals surface area contributed by atoms with Crippen molar-refractivity contribution in [1.29, 1.82) is 0 Å². The zero-order valence-corrected chi connectivity index (χ0v) is 13.9. The van der Waals surface area contributed by atoms with Gasteiger partial charge in [0.25, 0.3) is 5.69 Å². The smallest absolute Gasteiger partial charge is 0.272 e. The van der Waals surface area contributed by atoms with Crippen molar-refractivity contribution in [3.05, 3.63) is 69.3 Å². The molecule has 1 aliphatic heterocycles. The number of carbonyl (C=O) groups is 1. The number of hydrogen-bond donors (Lipinski definition) is 0. The second-order valence-electron chi connectivity index (χ2n) is 5.89. The lowest BCUT2D eigenvalue weighted by atomic mass is 10.1. The second kappa shape index (κ2) is 6.68. The number of nitrogens with zero attached hydrogens (tertiary/aromatic N) is 5. The van der Waals surface area contributed by atoms with E-state index in [1.165, 1.54) is 6.07 Å². The predicted octanol–water partition coefficient (Wildman–Crippen LogP) is 3.34. The van der Waals surface area contributed by atoms with Crippen LogP contribution in [0.4, 0.5) is 11.4 Å². The average Bonchev–Trinajstić information content (AvgIpc) is 2.97. The van der Waals surface area contributed by atoms with Gasteiger partial charge in [0, 0.05) is 11.6 Å². The molecule has 0 bridgehead atoms. The molecule has 1 aliphatic rings. The first-order chi connectivity index (χ1) is 12.0. The molecule has 1 atom stereocenters. The maximum atomic E-state index is 11.6. The van der Waals surface area contributed by atoms with Gasteiger partial charge < -0.3 is 0 Å². The molecule has 1 heterocycles. The van der Waals surface area contributed by atoms with Crippen LogP contribution in [0.5, 0.6) is 0 Å². The Kier molecular flexibility index (Phi) is 4.42. The van der Waals surface area contributed by atoms with Gasteiger partial charge in [-0.05, 0) is 48.4 Å². The van der Waals surface area contributed by atoms with E-state index in [-0.39, 0.29) is 5.69 Å². The maximum absolute atomic E-state index is 11.6. The van der Waals surface area contributed by atoms with E-state index < -0.39 is 11.1 Å². The SMILES string of the molecule is Cc1cccc(N2N=NN(Cc3ccc([N+](=O)[O-])c(C)c3)C2C=O)c1. The molecule has 3 rings (SSSR count). The second-order valence-corrected chi connectivity index (χ2v) is 5.89. The van der Waals surface area contributed by atoms with Crippen LogP contribution < -0.4 is 5.01 Å². The molecule has 128 valence electrons. The molecule has 8 nitrogen and oxygen atoms in total. The molecule has 25 heavy (non-hydrogen) atoms. The van der Waals surface area contributed by atoms with Gasteiger partial charge in [-0.1, -0.05) is 23.4 Å². The molecule has 2 aromatic rings. The lowest BCUT2D eigenvalue weighted by Crippen LogP contribution is -2.39. The molecule has 0 saturated carbocycles. The third-order valence-corrected chi connectivity index (χ3v) is 4.00. The Hall–Kier alpha value is -3.29. The molecule has 0 radical (unpaired) electrons. The van der Waals surface area contributed by atoms with Gasteiger partial charge in [0.05, 0.1) is 17.2 Å². The van der Waals surface area contributed by atoms with E-state index in [9.17, 15) is 14.9 Å². The number of aryl methyl sites for hydroxylation is 2. The summed E-state index contributed by atoms with van der Waals surface area (Å²) in [6.07, 6.45) is 0.123. The fourth-order valence-electron chi connectivity index (χ4n) is 2.76. The largest absolute Gasteiger partial charge is 0.299 e. The van der Waals surface area contributed by atoms with Crippen molar-refractivity contribution in [1.82, 2.24) is 5.01 Å². The minimum absolute atomic E-state index is 0.0696. The topological polar surface area (TPSA) is 91.4 Å². The number of nitro groups is 1. The van der Waals surface area contributed by atoms with Crippen molar-refractivity contribution >= 4 is 17.7 Å². The number of carbonyl (C=O) groups excluding carboxylic acids is 1. The monoisotopic (exact) mass is 339 g/mol. The fourth-order valence-corrected chi connectivity index (χ4v) is 2.76. The van der Waals surface area contributed by atoms with Crippen LogP contribution in [0.15, 0.2) is 52.9 Å². The summed E-state index contributed by atoms with van der Waals surface area (Å²) < 4.78 is 0. The van der Waals surface area contributed by atoms with E-state index >= 15 is 0 Å². The highest BCUT2D eigenvalue weighted by atomic mass is 16.6. The van der Waals surface area contributed by atoms with Gasteiger partial charge in [0.2, 0.25) is 0 Å². The minimum atomic E-state index is -0.655. The molecule has 2 aromatic carbocycles. The van der Waals surface area contributed by atoms with Crippen molar-refractivity contribution in [2.45, 2.75) is 26.6 Å². The normalized spacial score (nSPS) is 16.3. The molecule has 0 aliphatic carbocycles. The predicted molar refractivity (Wildman–Crippen MR) is 91.7 cm³/mol. The Balaban J connectivity index is 1.80. The molecule has 0 aromatic heterocycles. The summed E-state index contributed by atoms with van der Waals surface area (Å²) in [6, 6.07) is 12.5. The van der Waals surface area contributed by atoms with E-state index in [0.717, 1.165) is 23.1 Å². The lowest BCUT2D eigenvalue weighted by molar-refractivity contribution is -0.385. The minimum Gasteiger partial charge on any atom is -0.299 e. The van der Waals surface area contributed by atoms with Crippen LogP contribution in [-0.4, -0.2) is 22.4 Å². The molecular formula is C17H17N5O3. The van der Waals surface area contributed by atoms with Gasteiger partial charge in [-0.3, -0.25) is 14.9 Å². The Labute approximate surface area is 144 Å². The fraction of sp³-hybridized carbons (Fsp3) is 0.235. The Morgan fingerprint density at radius 1 is 1.20 bits per heavy atom. The van der Waals surface area contributed by atoms with Crippen LogP contribution in [0.25, 0.3) is 0 Å². The highest BCUT2D eigenvalue weighted by Gasteiger charge is 2.30. The molecule has 0 saturated heterocycles. The van der Waals surface area contributed by atoms with E-state index in [1.54, 1.807) is 29.1 Å². The van der Waals surface area contributed by atoms with Crippen LogP contribution in [0.1, 0.15) is 16.7 Å². The van der Waals surface area contributed by atoms with Crippen LogP contribution in [0, 0.1) is 24.0 Å². The number of nitro benzene ring substituents is 1. The first kappa shape index (κ1) is 16.6. The summed E-state index contributed by atoms with van der Waals surface area (Å²) in [7, 11) is 0. The number of anilines is 1. The quantitative estimate of drug-likeness (QED) is 0.473. The van der Waals surface area contributed by atoms with E-state index in [0.29, 0.717) is 12.1 Å². The molecule has 0 spiro atoms. The molecule has 8 heteroatoms. The van der Waals surface area contributed by atoms with Crippen LogP contribution in [0.3, 0.4) is 0 Å². The molecule has 0 N–H and O–H groups in total. The molecular weight excluding hydrogens is 322 g/mol. The Morgan fingerprint density at radius 2 is 2.00 bits per heavy atom. The van der Waals surface area contributed by atoms with Crippen LogP contribution in [-0.2, 0) is 11.3 Å². The zero-order chi connectivity index (χ0) is 18.0. The third kappa shape index (κ3) is 3.32. The summed E-state index contributed by atoms with van der Waals surface area (Å²) in [5.41, 5.74) is 3.29. The number of hydrogen-bond acceptors (Lipinski definition) is 7. The Bertz CT molecular complexity index is 852. The van der Waals surface area contributed by atoms with E-state index in [1.807, 2.05) is 31.2 Å². The van der Waals surface area contributed by atoms with Crippen molar-refractivity contribution in [3.8, 4) is 0 Å². The summed E-state index contributed by atoms with van der Waals surface area (Å²) in [5, 5.41) is 22.2. The number of benzene rings is 2. The van der Waals surface area contributed by atoms with Crippen molar-refractivity contribution in [2.24, 2.45) is 10.4 Å². The summed E-state index contributed by atoms with van der Waals surface area (Å²) in [5.74, 6) is 0. The molecule has 0 fully saturated rings. The van der Waals surface area contributed by atoms with Gasteiger partial charge >= 0.3 is 0 Å². The van der Waals surface area contributed by atoms with Crippen molar-refractivity contribution in [3.63, 3.8) is 0 Å². The van der Waals surface area contributed by atoms with Gasteiger partial charge in [-0.15, -0.1) is 0 Å². The van der Waals surface area contributed by atoms with Crippen molar-refractivity contribution < 1.29 is 9.72 Å². The van der Waals surface area contributed by atoms with E-state index in [2.05, 4.69) is 10.4 Å². The van der Waals surface area contributed by atoms with Gasteiger partial charge in [0.15, 0.2) is 12.5 Å². The summed E-state index contributed by atoms with van der Waals surface area (Å²) in [4.78, 5) is 22.1. The number of rotatable bonds is 5. The lowest BCUT2D eigenvalue weighted by Gasteiger charge is -2.23. The standard InChI is InChI=1S/C17H17N5O3/c1-12-4-3-5-15(8-12)21-17(11-23)20(18-19-21)10-14-6-7-16(22(24)25)13(2)9-14/h3-9,11,17H,10H2,1-2H3. The maximum Gasteiger partial charge on any atom is 0.272 e. The van der Waals surface area contributed by atoms with Gasteiger partial charge in [0.1, 0.15) is 0 Å². The average molecular weight is 339 g/mol. The van der Waals surface area contributed by atoms with E-state index in [4.69, 9.17) is 0 Å². The van der Waals surface area contributed by atoms with Gasteiger partial charge in [-0.2, -0.15) is 0 Å². The highest BCUT2D eigenvalue weighted by Crippen LogP contribution is 2.27. The Morgan fingerprint density at radius 3 is 2.64 bits per heavy atom. The molecule has 0 amide bonds. The van der Waals surface area contributed by atoms with Crippen LogP contribution in [0.2, 0.25) is 0 Å².